The number of rotatable bonds is 2. The highest BCUT2D eigenvalue weighted by Gasteiger charge is 2.01. The van der Waals surface area contributed by atoms with Crippen LogP contribution in [0.3, 0.4) is 0 Å². The quantitative estimate of drug-likeness (QED) is 0.776. The van der Waals surface area contributed by atoms with Gasteiger partial charge in [-0.1, -0.05) is 28.1 Å². The van der Waals surface area contributed by atoms with Crippen LogP contribution in [0.15, 0.2) is 58.1 Å². The van der Waals surface area contributed by atoms with Gasteiger partial charge in [0.05, 0.1) is 0 Å². The minimum absolute atomic E-state index is 0.0204. The molecule has 2 heterocycles. The summed E-state index contributed by atoms with van der Waals surface area (Å²) >= 11 is 3.42. The van der Waals surface area contributed by atoms with Crippen LogP contribution in [0.4, 0.5) is 0 Å². The van der Waals surface area contributed by atoms with Crippen LogP contribution >= 0.6 is 15.9 Å². The van der Waals surface area contributed by atoms with Crippen LogP contribution in [0.25, 0.3) is 5.65 Å². The lowest BCUT2D eigenvalue weighted by Gasteiger charge is -1.98. The second-order valence-corrected chi connectivity index (χ2v) is 5.15. The second kappa shape index (κ2) is 4.46. The molecule has 0 radical (unpaired) electrons. The number of H-pyrrole nitrogens is 1. The molecule has 0 saturated carbocycles. The summed E-state index contributed by atoms with van der Waals surface area (Å²) in [5, 5.41) is 0. The van der Waals surface area contributed by atoms with Gasteiger partial charge in [0, 0.05) is 41.1 Å². The van der Waals surface area contributed by atoms with Gasteiger partial charge in [-0.3, -0.25) is 4.79 Å². The van der Waals surface area contributed by atoms with Gasteiger partial charge in [0.15, 0.2) is 5.43 Å². The largest absolute Gasteiger partial charge is 0.343 e. The first-order chi connectivity index (χ1) is 8.70. The predicted octanol–water partition coefficient (Wildman–Crippen LogP) is 2.98. The fraction of sp³-hybridized carbons (Fsp3) is 0.0714. The van der Waals surface area contributed by atoms with E-state index in [1.54, 1.807) is 18.3 Å². The number of imidazole rings is 1. The van der Waals surface area contributed by atoms with Gasteiger partial charge in [-0.05, 0) is 17.7 Å². The van der Waals surface area contributed by atoms with Crippen LogP contribution in [0.1, 0.15) is 11.3 Å². The standard InChI is InChI=1S/C14H11BrN2O/c15-11-3-1-10(2-4-11)7-12-9-17-6-5-13(18)8-14(17)16-12/h1-6,8-9,16H,7H2. The number of aromatic nitrogens is 2. The Morgan fingerprint density at radius 1 is 1.17 bits per heavy atom. The van der Waals surface area contributed by atoms with E-state index in [0.717, 1.165) is 22.2 Å². The van der Waals surface area contributed by atoms with Crippen LogP contribution in [0.2, 0.25) is 0 Å². The summed E-state index contributed by atoms with van der Waals surface area (Å²) in [6.45, 7) is 0. The molecule has 0 aliphatic rings. The molecule has 3 rings (SSSR count). The molecule has 0 amide bonds. The van der Waals surface area contributed by atoms with Crippen molar-refractivity contribution in [1.82, 2.24) is 9.38 Å². The Balaban J connectivity index is 1.95. The highest BCUT2D eigenvalue weighted by Crippen LogP contribution is 2.14. The summed E-state index contributed by atoms with van der Waals surface area (Å²) in [5.41, 5.74) is 3.16. The van der Waals surface area contributed by atoms with E-state index in [1.807, 2.05) is 22.7 Å². The molecule has 0 saturated heterocycles. The van der Waals surface area contributed by atoms with Crippen molar-refractivity contribution in [1.29, 1.82) is 0 Å². The average molecular weight is 303 g/mol. The lowest BCUT2D eigenvalue weighted by Crippen LogP contribution is -1.97. The molecule has 0 aliphatic carbocycles. The monoisotopic (exact) mass is 302 g/mol. The summed E-state index contributed by atoms with van der Waals surface area (Å²) in [5.74, 6) is 0. The number of benzene rings is 1. The minimum atomic E-state index is 0.0204. The Hall–Kier alpha value is -1.81. The summed E-state index contributed by atoms with van der Waals surface area (Å²) in [6, 6.07) is 11.4. The predicted molar refractivity (Wildman–Crippen MR) is 75.0 cm³/mol. The van der Waals surface area contributed by atoms with Gasteiger partial charge < -0.3 is 9.38 Å². The first kappa shape index (κ1) is 11.3. The van der Waals surface area contributed by atoms with Crippen molar-refractivity contribution in [3.8, 4) is 0 Å². The maximum Gasteiger partial charge on any atom is 0.183 e. The zero-order valence-corrected chi connectivity index (χ0v) is 11.1. The number of pyridine rings is 1. The Labute approximate surface area is 112 Å². The molecule has 1 aromatic carbocycles. The molecule has 3 aromatic rings. The third-order valence-electron chi connectivity index (χ3n) is 2.85. The third-order valence-corrected chi connectivity index (χ3v) is 3.38. The third kappa shape index (κ3) is 2.24. The van der Waals surface area contributed by atoms with Crippen LogP contribution in [0.5, 0.6) is 0 Å². The Morgan fingerprint density at radius 3 is 2.72 bits per heavy atom. The fourth-order valence-electron chi connectivity index (χ4n) is 1.98. The van der Waals surface area contributed by atoms with E-state index in [1.165, 1.54) is 5.56 Å². The van der Waals surface area contributed by atoms with Gasteiger partial charge in [0.25, 0.3) is 0 Å². The fourth-order valence-corrected chi connectivity index (χ4v) is 2.25. The molecule has 0 atom stereocenters. The van der Waals surface area contributed by atoms with Gasteiger partial charge in [0.2, 0.25) is 0 Å². The molecule has 0 fully saturated rings. The van der Waals surface area contributed by atoms with Crippen molar-refractivity contribution in [3.05, 3.63) is 74.7 Å². The Morgan fingerprint density at radius 2 is 1.94 bits per heavy atom. The Kier molecular flexibility index (Phi) is 2.80. The minimum Gasteiger partial charge on any atom is -0.343 e. The van der Waals surface area contributed by atoms with Gasteiger partial charge in [-0.15, -0.1) is 0 Å². The first-order valence-electron chi connectivity index (χ1n) is 5.65. The maximum absolute atomic E-state index is 11.2. The Bertz CT molecular complexity index is 740. The van der Waals surface area contributed by atoms with Crippen LogP contribution in [0, 0.1) is 0 Å². The van der Waals surface area contributed by atoms with Crippen LogP contribution in [-0.2, 0) is 6.42 Å². The molecule has 0 unspecified atom stereocenters. The summed E-state index contributed by atoms with van der Waals surface area (Å²) in [7, 11) is 0. The molecule has 4 heteroatoms. The van der Waals surface area contributed by atoms with E-state index in [-0.39, 0.29) is 5.43 Å². The van der Waals surface area contributed by atoms with E-state index in [2.05, 4.69) is 33.0 Å². The average Bonchev–Trinajstić information content (AvgIpc) is 2.73. The molecule has 90 valence electrons. The molecule has 0 aliphatic heterocycles. The van der Waals surface area contributed by atoms with E-state index < -0.39 is 0 Å². The molecule has 0 spiro atoms. The van der Waals surface area contributed by atoms with Crippen molar-refractivity contribution in [3.63, 3.8) is 0 Å². The molecule has 0 bridgehead atoms. The van der Waals surface area contributed by atoms with Crippen molar-refractivity contribution in [2.24, 2.45) is 0 Å². The maximum atomic E-state index is 11.2. The van der Waals surface area contributed by atoms with Gasteiger partial charge in [0.1, 0.15) is 5.65 Å². The number of fused-ring (bicyclic) bond motifs is 1. The van der Waals surface area contributed by atoms with Gasteiger partial charge in [-0.25, -0.2) is 0 Å². The van der Waals surface area contributed by atoms with Gasteiger partial charge >= 0.3 is 0 Å². The van der Waals surface area contributed by atoms with Crippen molar-refractivity contribution >= 4 is 21.6 Å². The van der Waals surface area contributed by atoms with Crippen LogP contribution in [-0.4, -0.2) is 9.38 Å². The van der Waals surface area contributed by atoms with Crippen molar-refractivity contribution in [2.45, 2.75) is 6.42 Å². The number of nitrogens with zero attached hydrogens (tertiary/aromatic N) is 1. The summed E-state index contributed by atoms with van der Waals surface area (Å²) in [4.78, 5) is 14.5. The molecular formula is C14H11BrN2O. The van der Waals surface area contributed by atoms with E-state index in [9.17, 15) is 4.79 Å². The zero-order valence-electron chi connectivity index (χ0n) is 9.56. The molecule has 1 N–H and O–H groups in total. The van der Waals surface area contributed by atoms with Crippen molar-refractivity contribution < 1.29 is 0 Å². The van der Waals surface area contributed by atoms with Gasteiger partial charge in [-0.2, -0.15) is 0 Å². The molecule has 2 aromatic heterocycles. The van der Waals surface area contributed by atoms with E-state index in [4.69, 9.17) is 0 Å². The number of hydrogen-bond acceptors (Lipinski definition) is 1. The summed E-state index contributed by atoms with van der Waals surface area (Å²) in [6.07, 6.45) is 4.61. The number of nitrogens with one attached hydrogen (secondary N) is 1. The van der Waals surface area contributed by atoms with Crippen molar-refractivity contribution in [2.75, 3.05) is 0 Å². The molecule has 3 nitrogen and oxygen atoms in total. The molecule has 18 heavy (non-hydrogen) atoms. The topological polar surface area (TPSA) is 37.3 Å². The highest BCUT2D eigenvalue weighted by atomic mass is 79.9. The first-order valence-corrected chi connectivity index (χ1v) is 6.44. The lowest BCUT2D eigenvalue weighted by molar-refractivity contribution is 1.11. The number of hydrogen-bond donors (Lipinski definition) is 1. The normalized spacial score (nSPS) is 10.9. The number of halogens is 1. The van der Waals surface area contributed by atoms with Crippen LogP contribution < -0.4 is 5.43 Å². The lowest BCUT2D eigenvalue weighted by atomic mass is 10.1. The smallest absolute Gasteiger partial charge is 0.183 e. The zero-order chi connectivity index (χ0) is 12.5. The summed E-state index contributed by atoms with van der Waals surface area (Å²) < 4.78 is 3.00. The SMILES string of the molecule is O=c1ccn2cc(Cc3ccc(Br)cc3)[nH]c2c1. The van der Waals surface area contributed by atoms with E-state index >= 15 is 0 Å². The van der Waals surface area contributed by atoms with E-state index in [0.29, 0.717) is 0 Å². The highest BCUT2D eigenvalue weighted by molar-refractivity contribution is 9.10. The number of aromatic amines is 1. The second-order valence-electron chi connectivity index (χ2n) is 4.24. The molecular weight excluding hydrogens is 292 g/mol.